The predicted molar refractivity (Wildman–Crippen MR) is 53.2 cm³/mol. The largest absolute Gasteiger partial charge is 0.409 e. The fourth-order valence-corrected chi connectivity index (χ4v) is 1.19. The first-order chi connectivity index (χ1) is 7.29. The van der Waals surface area contributed by atoms with Crippen molar-refractivity contribution in [1.82, 2.24) is 0 Å². The third-order valence-electron chi connectivity index (χ3n) is 1.65. The number of halogens is 4. The fourth-order valence-electron chi connectivity index (χ4n) is 0.949. The van der Waals surface area contributed by atoms with E-state index in [1.807, 2.05) is 0 Å². The molecule has 0 saturated carbocycles. The summed E-state index contributed by atoms with van der Waals surface area (Å²) in [6, 6.07) is 3.24. The molecule has 0 bridgehead atoms. The average molecular weight is 252 g/mol. The van der Waals surface area contributed by atoms with Crippen molar-refractivity contribution in [3.05, 3.63) is 45.0 Å². The van der Waals surface area contributed by atoms with Crippen LogP contribution in [0, 0.1) is 10.1 Å². The Morgan fingerprint density at radius 2 is 2.00 bits per heavy atom. The van der Waals surface area contributed by atoms with Crippen LogP contribution in [-0.2, 0) is 0 Å². The second kappa shape index (κ2) is 4.52. The average Bonchev–Trinajstić information content (AvgIpc) is 2.14. The molecule has 0 saturated heterocycles. The normalized spacial score (nSPS) is 12.0. The van der Waals surface area contributed by atoms with Crippen molar-refractivity contribution in [3.63, 3.8) is 0 Å². The molecule has 0 aromatic heterocycles. The van der Waals surface area contributed by atoms with Crippen molar-refractivity contribution in [3.8, 4) is 0 Å². The molecule has 1 rings (SSSR count). The van der Waals surface area contributed by atoms with Gasteiger partial charge in [-0.1, -0.05) is 11.6 Å². The number of nitro groups is 1. The summed E-state index contributed by atoms with van der Waals surface area (Å²) in [5.74, 6) is 0. The van der Waals surface area contributed by atoms with E-state index in [9.17, 15) is 23.3 Å². The summed E-state index contributed by atoms with van der Waals surface area (Å²) in [6.45, 7) is 0. The molecule has 0 aliphatic rings. The smallest absolute Gasteiger partial charge is 0.258 e. The van der Waals surface area contributed by atoms with Crippen LogP contribution >= 0.6 is 11.6 Å². The second-order valence-corrected chi connectivity index (χ2v) is 3.25. The molecule has 0 aliphatic heterocycles. The van der Waals surface area contributed by atoms with Gasteiger partial charge in [-0.2, -0.15) is 13.2 Å². The Balaban J connectivity index is 3.01. The minimum atomic E-state index is -4.44. The molecular formula is C9H5ClF3NO2. The number of rotatable bonds is 2. The highest BCUT2D eigenvalue weighted by Crippen LogP contribution is 2.25. The van der Waals surface area contributed by atoms with Crippen LogP contribution in [-0.4, -0.2) is 11.1 Å². The Hall–Kier alpha value is -1.56. The first-order valence-corrected chi connectivity index (χ1v) is 4.37. The summed E-state index contributed by atoms with van der Waals surface area (Å²) >= 11 is 5.58. The molecule has 3 nitrogen and oxygen atoms in total. The van der Waals surface area contributed by atoms with Gasteiger partial charge in [0.05, 0.1) is 9.95 Å². The standard InChI is InChI=1S/C9H5ClF3NO2/c10-8-5-7(14(15)16)2-1-6(8)3-4-9(11,12)13/h1-5H/b4-3+. The van der Waals surface area contributed by atoms with E-state index in [2.05, 4.69) is 0 Å². The van der Waals surface area contributed by atoms with Gasteiger partial charge in [-0.15, -0.1) is 0 Å². The lowest BCUT2D eigenvalue weighted by atomic mass is 10.2. The topological polar surface area (TPSA) is 43.1 Å². The van der Waals surface area contributed by atoms with Crippen molar-refractivity contribution >= 4 is 23.4 Å². The van der Waals surface area contributed by atoms with E-state index in [-0.39, 0.29) is 22.3 Å². The summed E-state index contributed by atoms with van der Waals surface area (Å²) in [7, 11) is 0. The van der Waals surface area contributed by atoms with E-state index in [0.29, 0.717) is 0 Å². The van der Waals surface area contributed by atoms with Crippen LogP contribution < -0.4 is 0 Å². The molecule has 0 heterocycles. The maximum atomic E-state index is 11.8. The highest BCUT2D eigenvalue weighted by molar-refractivity contribution is 6.32. The molecule has 0 unspecified atom stereocenters. The van der Waals surface area contributed by atoms with E-state index in [1.54, 1.807) is 0 Å². The number of nitrogens with zero attached hydrogens (tertiary/aromatic N) is 1. The third-order valence-corrected chi connectivity index (χ3v) is 1.97. The van der Waals surface area contributed by atoms with Crippen LogP contribution in [0.25, 0.3) is 6.08 Å². The molecule has 0 aliphatic carbocycles. The van der Waals surface area contributed by atoms with E-state index in [1.165, 1.54) is 0 Å². The monoisotopic (exact) mass is 251 g/mol. The Morgan fingerprint density at radius 1 is 1.38 bits per heavy atom. The van der Waals surface area contributed by atoms with Crippen molar-refractivity contribution in [1.29, 1.82) is 0 Å². The molecule has 0 fully saturated rings. The van der Waals surface area contributed by atoms with Gasteiger partial charge in [0.25, 0.3) is 5.69 Å². The molecule has 86 valence electrons. The molecule has 1 aromatic carbocycles. The van der Waals surface area contributed by atoms with Gasteiger partial charge in [-0.05, 0) is 17.7 Å². The Bertz CT molecular complexity index is 443. The molecule has 1 aromatic rings. The van der Waals surface area contributed by atoms with Gasteiger partial charge in [0.15, 0.2) is 0 Å². The minimum Gasteiger partial charge on any atom is -0.258 e. The lowest BCUT2D eigenvalue weighted by Gasteiger charge is -2.00. The van der Waals surface area contributed by atoms with Gasteiger partial charge in [0, 0.05) is 18.2 Å². The number of hydrogen-bond donors (Lipinski definition) is 0. The highest BCUT2D eigenvalue weighted by Gasteiger charge is 2.22. The highest BCUT2D eigenvalue weighted by atomic mass is 35.5. The number of allylic oxidation sites excluding steroid dienone is 1. The zero-order valence-corrected chi connectivity index (χ0v) is 8.42. The van der Waals surface area contributed by atoms with Crippen LogP contribution in [0.15, 0.2) is 24.3 Å². The number of non-ortho nitro benzene ring substituents is 1. The molecule has 0 N–H and O–H groups in total. The van der Waals surface area contributed by atoms with Gasteiger partial charge in [0.1, 0.15) is 0 Å². The van der Waals surface area contributed by atoms with E-state index in [0.717, 1.165) is 24.3 Å². The van der Waals surface area contributed by atoms with Crippen LogP contribution in [0.4, 0.5) is 18.9 Å². The molecule has 16 heavy (non-hydrogen) atoms. The van der Waals surface area contributed by atoms with Crippen molar-refractivity contribution in [2.75, 3.05) is 0 Å². The van der Waals surface area contributed by atoms with E-state index in [4.69, 9.17) is 11.6 Å². The first kappa shape index (κ1) is 12.5. The summed E-state index contributed by atoms with van der Waals surface area (Å²) in [6.07, 6.45) is -3.67. The predicted octanol–water partition coefficient (Wildman–Crippen LogP) is 3.82. The van der Waals surface area contributed by atoms with Gasteiger partial charge in [-0.25, -0.2) is 0 Å². The van der Waals surface area contributed by atoms with Gasteiger partial charge in [0.2, 0.25) is 0 Å². The van der Waals surface area contributed by atoms with Crippen LogP contribution in [0.5, 0.6) is 0 Å². The Kier molecular flexibility index (Phi) is 3.54. The minimum absolute atomic E-state index is 0.0139. The Morgan fingerprint density at radius 3 is 2.44 bits per heavy atom. The van der Waals surface area contributed by atoms with Crippen molar-refractivity contribution < 1.29 is 18.1 Å². The van der Waals surface area contributed by atoms with E-state index >= 15 is 0 Å². The quantitative estimate of drug-likeness (QED) is 0.592. The Labute approximate surface area is 93.3 Å². The molecule has 7 heteroatoms. The summed E-state index contributed by atoms with van der Waals surface area (Å²) in [4.78, 5) is 9.65. The SMILES string of the molecule is O=[N+]([O-])c1ccc(/C=C/C(F)(F)F)c(Cl)c1. The first-order valence-electron chi connectivity index (χ1n) is 3.99. The fraction of sp³-hybridized carbons (Fsp3) is 0.111. The lowest BCUT2D eigenvalue weighted by molar-refractivity contribution is -0.384. The summed E-state index contributed by atoms with van der Waals surface area (Å²) in [5, 5.41) is 10.2. The maximum Gasteiger partial charge on any atom is 0.409 e. The van der Waals surface area contributed by atoms with Crippen LogP contribution in [0.2, 0.25) is 5.02 Å². The third kappa shape index (κ3) is 3.54. The van der Waals surface area contributed by atoms with Crippen molar-refractivity contribution in [2.24, 2.45) is 0 Å². The van der Waals surface area contributed by atoms with Gasteiger partial charge >= 0.3 is 6.18 Å². The number of alkyl halides is 3. The number of hydrogen-bond acceptors (Lipinski definition) is 2. The lowest BCUT2D eigenvalue weighted by Crippen LogP contribution is -2.00. The number of nitro benzene ring substituents is 1. The van der Waals surface area contributed by atoms with Gasteiger partial charge in [-0.3, -0.25) is 10.1 Å². The maximum absolute atomic E-state index is 11.8. The second-order valence-electron chi connectivity index (χ2n) is 2.84. The van der Waals surface area contributed by atoms with E-state index < -0.39 is 11.1 Å². The molecule has 0 radical (unpaired) electrons. The summed E-state index contributed by atoms with van der Waals surface area (Å²) in [5.41, 5.74) is -0.196. The molecule has 0 amide bonds. The van der Waals surface area contributed by atoms with Crippen LogP contribution in [0.3, 0.4) is 0 Å². The zero-order valence-electron chi connectivity index (χ0n) is 7.66. The molecule has 0 atom stereocenters. The number of benzene rings is 1. The zero-order chi connectivity index (χ0) is 12.3. The molecular weight excluding hydrogens is 247 g/mol. The molecule has 0 spiro atoms. The summed E-state index contributed by atoms with van der Waals surface area (Å²) < 4.78 is 35.5. The van der Waals surface area contributed by atoms with Gasteiger partial charge < -0.3 is 0 Å². The van der Waals surface area contributed by atoms with Crippen molar-refractivity contribution in [2.45, 2.75) is 6.18 Å². The van der Waals surface area contributed by atoms with Crippen LogP contribution in [0.1, 0.15) is 5.56 Å².